The third-order valence-electron chi connectivity index (χ3n) is 4.29. The van der Waals surface area contributed by atoms with Gasteiger partial charge in [0.15, 0.2) is 0 Å². The Balaban J connectivity index is 0.000000253. The minimum Gasteiger partial charge on any atom is -0.748 e. The predicted molar refractivity (Wildman–Crippen MR) is 90.7 cm³/mol. The standard InChI is InChI=1S/C16H17.C5H5.Fe/c1-2-7-13(8-3-1)15-11-6-12-16(15)14-9-4-5-10-14;1-2-4-5-3-1;/h1-3,6-8,11-12,14H,4-5,9-10H2;1-5H;/q-1;-5;. The molecule has 1 saturated carbocycles. The van der Waals surface area contributed by atoms with Crippen LogP contribution < -0.4 is 0 Å². The van der Waals surface area contributed by atoms with Gasteiger partial charge in [0, 0.05) is 17.1 Å². The molecule has 0 unspecified atom stereocenters. The second kappa shape index (κ2) is 8.78. The molecule has 1 heteroatoms. The molecule has 4 rings (SSSR count). The van der Waals surface area contributed by atoms with E-state index in [2.05, 4.69) is 48.5 Å². The largest absolute Gasteiger partial charge is 0.748 e. The van der Waals surface area contributed by atoms with Crippen LogP contribution in [-0.4, -0.2) is 0 Å². The van der Waals surface area contributed by atoms with Crippen LogP contribution in [0.25, 0.3) is 11.1 Å². The summed E-state index contributed by atoms with van der Waals surface area (Å²) in [4.78, 5) is 0. The fourth-order valence-electron chi connectivity index (χ4n) is 3.23. The van der Waals surface area contributed by atoms with E-state index in [0.29, 0.717) is 0 Å². The minimum atomic E-state index is 0. The fraction of sp³-hybridized carbons (Fsp3) is 0.238. The van der Waals surface area contributed by atoms with Crippen LogP contribution >= 0.6 is 0 Å². The number of hydrogen-bond donors (Lipinski definition) is 0. The smallest absolute Gasteiger partial charge is 0 e. The minimum absolute atomic E-state index is 0. The van der Waals surface area contributed by atoms with E-state index in [-0.39, 0.29) is 17.1 Å². The van der Waals surface area contributed by atoms with Crippen LogP contribution in [0.4, 0.5) is 0 Å². The van der Waals surface area contributed by atoms with Gasteiger partial charge in [0.05, 0.1) is 0 Å². The molecule has 3 aromatic carbocycles. The first-order chi connectivity index (χ1) is 10.4. The van der Waals surface area contributed by atoms with E-state index in [1.54, 1.807) is 5.56 Å². The molecular formula is C21H22Fe-6. The summed E-state index contributed by atoms with van der Waals surface area (Å²) in [6.07, 6.45) is 5.57. The van der Waals surface area contributed by atoms with Crippen molar-refractivity contribution in [2.24, 2.45) is 0 Å². The number of benzene rings is 1. The zero-order valence-corrected chi connectivity index (χ0v) is 13.9. The van der Waals surface area contributed by atoms with Gasteiger partial charge in [-0.1, -0.05) is 36.6 Å². The van der Waals surface area contributed by atoms with Gasteiger partial charge in [0.1, 0.15) is 0 Å². The van der Waals surface area contributed by atoms with Crippen LogP contribution in [0.3, 0.4) is 0 Å². The maximum atomic E-state index is 2.32. The molecule has 0 saturated heterocycles. The number of rotatable bonds is 2. The summed E-state index contributed by atoms with van der Waals surface area (Å²) >= 11 is 0. The molecule has 0 spiro atoms. The molecule has 3 aromatic rings. The van der Waals surface area contributed by atoms with Crippen LogP contribution in [0, 0.1) is 0 Å². The van der Waals surface area contributed by atoms with Crippen molar-refractivity contribution in [3.63, 3.8) is 0 Å². The summed E-state index contributed by atoms with van der Waals surface area (Å²) in [7, 11) is 0. The Morgan fingerprint density at radius 3 is 1.95 bits per heavy atom. The van der Waals surface area contributed by atoms with E-state index < -0.39 is 0 Å². The van der Waals surface area contributed by atoms with Crippen molar-refractivity contribution in [1.82, 2.24) is 0 Å². The van der Waals surface area contributed by atoms with Crippen molar-refractivity contribution in [1.29, 1.82) is 0 Å². The summed E-state index contributed by atoms with van der Waals surface area (Å²) in [5.41, 5.74) is 4.39. The average molecular weight is 330 g/mol. The Hall–Kier alpha value is -1.56. The van der Waals surface area contributed by atoms with E-state index in [4.69, 9.17) is 0 Å². The second-order valence-electron chi connectivity index (χ2n) is 5.70. The second-order valence-corrected chi connectivity index (χ2v) is 5.70. The van der Waals surface area contributed by atoms with Crippen molar-refractivity contribution in [3.8, 4) is 11.1 Å². The predicted octanol–water partition coefficient (Wildman–Crippen LogP) is 6.13. The first-order valence-corrected chi connectivity index (χ1v) is 7.93. The summed E-state index contributed by atoms with van der Waals surface area (Å²) in [6, 6.07) is 27.6. The quantitative estimate of drug-likeness (QED) is 0.391. The van der Waals surface area contributed by atoms with Gasteiger partial charge in [-0.15, -0.1) is 35.4 Å². The normalized spacial score (nSPS) is 14.0. The van der Waals surface area contributed by atoms with Gasteiger partial charge in [0.2, 0.25) is 0 Å². The molecule has 1 aliphatic rings. The molecule has 1 fully saturated rings. The Labute approximate surface area is 144 Å². The van der Waals surface area contributed by atoms with Gasteiger partial charge in [0.25, 0.3) is 0 Å². The monoisotopic (exact) mass is 330 g/mol. The Morgan fingerprint density at radius 1 is 0.773 bits per heavy atom. The Morgan fingerprint density at radius 2 is 1.36 bits per heavy atom. The van der Waals surface area contributed by atoms with Crippen LogP contribution in [0.5, 0.6) is 0 Å². The molecule has 0 N–H and O–H groups in total. The van der Waals surface area contributed by atoms with Crippen molar-refractivity contribution in [2.75, 3.05) is 0 Å². The fourth-order valence-corrected chi connectivity index (χ4v) is 3.23. The van der Waals surface area contributed by atoms with E-state index >= 15 is 0 Å². The van der Waals surface area contributed by atoms with Crippen LogP contribution in [0.1, 0.15) is 37.2 Å². The third kappa shape index (κ3) is 4.22. The SMILES string of the molecule is [Fe].[cH-]1[cH-][cH-][cH-][cH-]1.c1ccc(-[c-]2cccc2C2CCCC2)cc1. The van der Waals surface area contributed by atoms with Gasteiger partial charge < -0.3 is 30.3 Å². The molecule has 22 heavy (non-hydrogen) atoms. The summed E-state index contributed by atoms with van der Waals surface area (Å²) in [6.45, 7) is 0. The van der Waals surface area contributed by atoms with Crippen molar-refractivity contribution < 1.29 is 17.1 Å². The summed E-state index contributed by atoms with van der Waals surface area (Å²) in [5, 5.41) is 0. The van der Waals surface area contributed by atoms with Crippen molar-refractivity contribution in [2.45, 2.75) is 31.6 Å². The van der Waals surface area contributed by atoms with Crippen LogP contribution in [0.15, 0.2) is 78.9 Å². The average Bonchev–Trinajstić information content (AvgIpc) is 3.29. The first-order valence-electron chi connectivity index (χ1n) is 7.93. The number of hydrogen-bond acceptors (Lipinski definition) is 0. The van der Waals surface area contributed by atoms with E-state index in [9.17, 15) is 0 Å². The molecule has 0 heterocycles. The Bertz CT molecular complexity index is 596. The molecule has 120 valence electrons. The molecule has 0 atom stereocenters. The molecule has 0 radical (unpaired) electrons. The zero-order chi connectivity index (χ0) is 14.3. The molecular weight excluding hydrogens is 308 g/mol. The molecule has 0 aromatic heterocycles. The van der Waals surface area contributed by atoms with Crippen molar-refractivity contribution in [3.05, 3.63) is 84.4 Å². The first kappa shape index (κ1) is 16.8. The molecule has 0 amide bonds. The zero-order valence-electron chi connectivity index (χ0n) is 12.8. The van der Waals surface area contributed by atoms with Gasteiger partial charge in [-0.25, -0.2) is 0 Å². The van der Waals surface area contributed by atoms with Gasteiger partial charge in [-0.3, -0.25) is 0 Å². The molecule has 1 aliphatic carbocycles. The Kier molecular flexibility index (Phi) is 6.71. The molecule has 0 aliphatic heterocycles. The van der Waals surface area contributed by atoms with E-state index in [1.807, 2.05) is 30.3 Å². The molecule has 0 bridgehead atoms. The summed E-state index contributed by atoms with van der Waals surface area (Å²) in [5.74, 6) is 0.810. The topological polar surface area (TPSA) is 0 Å². The van der Waals surface area contributed by atoms with Crippen LogP contribution in [-0.2, 0) is 17.1 Å². The van der Waals surface area contributed by atoms with Crippen LogP contribution in [0.2, 0.25) is 0 Å². The third-order valence-corrected chi connectivity index (χ3v) is 4.29. The molecule has 0 nitrogen and oxygen atoms in total. The van der Waals surface area contributed by atoms with Gasteiger partial charge >= 0.3 is 0 Å². The van der Waals surface area contributed by atoms with Crippen molar-refractivity contribution >= 4 is 0 Å². The maximum absolute atomic E-state index is 2.32. The maximum Gasteiger partial charge on any atom is 0 e. The van der Waals surface area contributed by atoms with Gasteiger partial charge in [-0.2, -0.15) is 6.07 Å². The van der Waals surface area contributed by atoms with E-state index in [1.165, 1.54) is 36.8 Å². The summed E-state index contributed by atoms with van der Waals surface area (Å²) < 4.78 is 0. The van der Waals surface area contributed by atoms with Gasteiger partial charge in [-0.05, 0) is 18.8 Å². The van der Waals surface area contributed by atoms with E-state index in [0.717, 1.165) is 5.92 Å².